The van der Waals surface area contributed by atoms with Crippen LogP contribution in [0.15, 0.2) is 12.3 Å². The van der Waals surface area contributed by atoms with Gasteiger partial charge in [0.1, 0.15) is 5.75 Å². The van der Waals surface area contributed by atoms with Crippen LogP contribution in [0.4, 0.5) is 0 Å². The minimum absolute atomic E-state index is 0.0168. The van der Waals surface area contributed by atoms with E-state index >= 15 is 0 Å². The van der Waals surface area contributed by atoms with Gasteiger partial charge in [-0.15, -0.1) is 0 Å². The van der Waals surface area contributed by atoms with Crippen molar-refractivity contribution in [2.75, 3.05) is 0 Å². The number of hydrogen-bond donors (Lipinski definition) is 0. The molecule has 0 bridgehead atoms. The summed E-state index contributed by atoms with van der Waals surface area (Å²) in [6.45, 7) is 8.46. The van der Waals surface area contributed by atoms with E-state index < -0.39 is 0 Å². The lowest BCUT2D eigenvalue weighted by atomic mass is 10.00. The second-order valence-corrected chi connectivity index (χ2v) is 7.74. The van der Waals surface area contributed by atoms with Crippen LogP contribution in [0, 0.1) is 12.8 Å². The van der Waals surface area contributed by atoms with Crippen molar-refractivity contribution in [3.63, 3.8) is 0 Å². The number of ketones is 1. The van der Waals surface area contributed by atoms with E-state index in [9.17, 15) is 4.79 Å². The second kappa shape index (κ2) is 11.2. The van der Waals surface area contributed by atoms with Crippen LogP contribution in [0.1, 0.15) is 89.0 Å². The molecule has 1 aromatic rings. The Morgan fingerprint density at radius 1 is 1.26 bits per heavy atom. The maximum Gasteiger partial charge on any atom is 0.202 e. The average molecular weight is 374 g/mol. The molecule has 0 N–H and O–H groups in total. The molecule has 2 heterocycles. The molecule has 0 saturated carbocycles. The molecule has 0 amide bonds. The quantitative estimate of drug-likeness (QED) is 0.352. The highest BCUT2D eigenvalue weighted by Crippen LogP contribution is 2.34. The van der Waals surface area contributed by atoms with Gasteiger partial charge in [0.25, 0.3) is 0 Å². The highest BCUT2D eigenvalue weighted by molar-refractivity contribution is 5.91. The third-order valence-corrected chi connectivity index (χ3v) is 5.20. The zero-order valence-electron chi connectivity index (χ0n) is 17.4. The summed E-state index contributed by atoms with van der Waals surface area (Å²) in [5, 5.41) is 0. The van der Waals surface area contributed by atoms with Crippen LogP contribution < -0.4 is 4.74 Å². The summed E-state index contributed by atoms with van der Waals surface area (Å²) in [5.74, 6) is 1.19. The van der Waals surface area contributed by atoms with Gasteiger partial charge in [0.2, 0.25) is 6.29 Å². The van der Waals surface area contributed by atoms with Crippen molar-refractivity contribution in [2.45, 2.75) is 92.0 Å². The lowest BCUT2D eigenvalue weighted by molar-refractivity contribution is -0.138. The molecular weight excluding hydrogens is 338 g/mol. The smallest absolute Gasteiger partial charge is 0.202 e. The number of fused-ring (bicyclic) bond motifs is 1. The Morgan fingerprint density at radius 3 is 2.67 bits per heavy atom. The van der Waals surface area contributed by atoms with Gasteiger partial charge in [-0.25, -0.2) is 0 Å². The van der Waals surface area contributed by atoms with Crippen molar-refractivity contribution in [1.29, 1.82) is 0 Å². The van der Waals surface area contributed by atoms with Crippen LogP contribution in [0.2, 0.25) is 0 Å². The minimum atomic E-state index is -0.217. The van der Waals surface area contributed by atoms with Gasteiger partial charge in [0.05, 0.1) is 12.3 Å². The van der Waals surface area contributed by atoms with Crippen molar-refractivity contribution >= 4 is 11.9 Å². The summed E-state index contributed by atoms with van der Waals surface area (Å²) in [6.07, 6.45) is 15.3. The number of carbonyl (C=O) groups excluding carboxylic acids is 1. The highest BCUT2D eigenvalue weighted by atomic mass is 16.7. The number of pyridine rings is 1. The molecule has 2 atom stereocenters. The lowest BCUT2D eigenvalue weighted by Crippen LogP contribution is -2.32. The van der Waals surface area contributed by atoms with E-state index in [-0.39, 0.29) is 12.1 Å². The number of carbonyl (C=O) groups is 1. The fourth-order valence-electron chi connectivity index (χ4n) is 3.46. The molecule has 0 saturated heterocycles. The minimum Gasteiger partial charge on any atom is -0.462 e. The van der Waals surface area contributed by atoms with Gasteiger partial charge in [0.15, 0.2) is 5.78 Å². The van der Waals surface area contributed by atoms with Crippen molar-refractivity contribution < 1.29 is 14.3 Å². The van der Waals surface area contributed by atoms with Gasteiger partial charge in [-0.3, -0.25) is 9.78 Å². The number of hydrogen-bond acceptors (Lipinski definition) is 4. The molecule has 0 spiro atoms. The maximum absolute atomic E-state index is 11.2. The first-order valence-corrected chi connectivity index (χ1v) is 10.5. The van der Waals surface area contributed by atoms with Gasteiger partial charge in [-0.2, -0.15) is 0 Å². The van der Waals surface area contributed by atoms with Crippen LogP contribution in [0.5, 0.6) is 5.75 Å². The fourth-order valence-corrected chi connectivity index (χ4v) is 3.46. The first-order chi connectivity index (χ1) is 13.0. The number of allylic oxidation sites excluding steroid dienone is 1. The summed E-state index contributed by atoms with van der Waals surface area (Å²) < 4.78 is 12.2. The average Bonchev–Trinajstić information content (AvgIpc) is 2.66. The first kappa shape index (κ1) is 21.6. The number of nitrogens with zero attached hydrogens (tertiary/aromatic N) is 1. The molecule has 1 aromatic heterocycles. The third-order valence-electron chi connectivity index (χ3n) is 5.20. The molecule has 2 unspecified atom stereocenters. The molecule has 4 nitrogen and oxygen atoms in total. The maximum atomic E-state index is 11.2. The van der Waals surface area contributed by atoms with E-state index in [2.05, 4.69) is 18.8 Å². The predicted molar refractivity (Wildman–Crippen MR) is 110 cm³/mol. The zero-order valence-corrected chi connectivity index (χ0v) is 17.4. The molecule has 0 aromatic carbocycles. The second-order valence-electron chi connectivity index (χ2n) is 7.74. The van der Waals surface area contributed by atoms with Crippen molar-refractivity contribution in [2.24, 2.45) is 5.92 Å². The Kier molecular flexibility index (Phi) is 8.99. The number of aromatic nitrogens is 1. The molecule has 2 rings (SSSR count). The fraction of sp³-hybridized carbons (Fsp3) is 0.652. The van der Waals surface area contributed by atoms with Gasteiger partial charge in [0, 0.05) is 23.2 Å². The van der Waals surface area contributed by atoms with Gasteiger partial charge < -0.3 is 9.47 Å². The monoisotopic (exact) mass is 373 g/mol. The molecule has 1 aliphatic heterocycles. The van der Waals surface area contributed by atoms with Crippen molar-refractivity contribution in [1.82, 2.24) is 4.98 Å². The Labute approximate surface area is 164 Å². The van der Waals surface area contributed by atoms with Gasteiger partial charge >= 0.3 is 0 Å². The highest BCUT2D eigenvalue weighted by Gasteiger charge is 2.28. The van der Waals surface area contributed by atoms with Crippen LogP contribution in [0.25, 0.3) is 6.08 Å². The third kappa shape index (κ3) is 6.76. The summed E-state index contributed by atoms with van der Waals surface area (Å²) in [6, 6.07) is 0. The summed E-state index contributed by atoms with van der Waals surface area (Å²) in [5.41, 5.74) is 2.75. The van der Waals surface area contributed by atoms with Crippen LogP contribution in [-0.4, -0.2) is 17.1 Å². The number of unbranched alkanes of at least 4 members (excludes halogenated alkanes) is 6. The van der Waals surface area contributed by atoms with Gasteiger partial charge in [-0.1, -0.05) is 58.8 Å². The molecule has 0 radical (unpaired) electrons. The normalized spacial score (nSPS) is 17.6. The zero-order chi connectivity index (χ0) is 19.6. The first-order valence-electron chi connectivity index (χ1n) is 10.5. The Hall–Kier alpha value is -1.68. The van der Waals surface area contributed by atoms with E-state index in [0.717, 1.165) is 29.0 Å². The Bertz CT molecular complexity index is 639. The molecule has 27 heavy (non-hydrogen) atoms. The predicted octanol–water partition coefficient (Wildman–Crippen LogP) is 6.00. The number of ether oxygens (including phenoxy) is 2. The molecule has 4 heteroatoms. The Morgan fingerprint density at radius 2 is 1.96 bits per heavy atom. The summed E-state index contributed by atoms with van der Waals surface area (Å²) >= 11 is 0. The van der Waals surface area contributed by atoms with E-state index in [1.807, 2.05) is 6.92 Å². The molecule has 1 aliphatic rings. The van der Waals surface area contributed by atoms with E-state index in [1.54, 1.807) is 25.3 Å². The topological polar surface area (TPSA) is 48.4 Å². The van der Waals surface area contributed by atoms with E-state index in [1.165, 1.54) is 44.9 Å². The molecule has 150 valence electrons. The SMILES string of the molecule is CCCCCCCCCC(C)C1OCc2c(/C=C/C(C)=O)cnc(C)c2O1. The summed E-state index contributed by atoms with van der Waals surface area (Å²) in [4.78, 5) is 15.7. The van der Waals surface area contributed by atoms with Crippen LogP contribution in [-0.2, 0) is 16.1 Å². The molecule has 0 aliphatic carbocycles. The largest absolute Gasteiger partial charge is 0.462 e. The standard InChI is InChI=1S/C23H35NO3/c1-5-6-7-8-9-10-11-12-17(2)23-26-16-21-20(14-13-18(3)25)15-24-19(4)22(21)27-23/h13-15,17,23H,5-12,16H2,1-4H3/b14-13+. The van der Waals surface area contributed by atoms with Crippen molar-refractivity contribution in [3.05, 3.63) is 29.1 Å². The van der Waals surface area contributed by atoms with Crippen LogP contribution in [0.3, 0.4) is 0 Å². The number of rotatable bonds is 11. The number of aryl methyl sites for hydroxylation is 1. The van der Waals surface area contributed by atoms with E-state index in [0.29, 0.717) is 12.5 Å². The molecular formula is C23H35NO3. The van der Waals surface area contributed by atoms with Crippen molar-refractivity contribution in [3.8, 4) is 5.75 Å². The van der Waals surface area contributed by atoms with Crippen LogP contribution >= 0.6 is 0 Å². The van der Waals surface area contributed by atoms with E-state index in [4.69, 9.17) is 9.47 Å². The van der Waals surface area contributed by atoms with Gasteiger partial charge in [-0.05, 0) is 32.4 Å². The summed E-state index contributed by atoms with van der Waals surface area (Å²) in [7, 11) is 0. The molecule has 0 fully saturated rings. The Balaban J connectivity index is 1.88. The lowest BCUT2D eigenvalue weighted by Gasteiger charge is -2.32.